The van der Waals surface area contributed by atoms with E-state index in [0.717, 1.165) is 5.56 Å². The minimum Gasteiger partial charge on any atom is -0.481 e. The summed E-state index contributed by atoms with van der Waals surface area (Å²) < 4.78 is 11.3. The van der Waals surface area contributed by atoms with Crippen molar-refractivity contribution in [3.63, 3.8) is 0 Å². The third-order valence-corrected chi connectivity index (χ3v) is 4.56. The van der Waals surface area contributed by atoms with Gasteiger partial charge in [0.2, 0.25) is 0 Å². The van der Waals surface area contributed by atoms with Crippen LogP contribution < -0.4 is 20.1 Å². The molecule has 0 aliphatic carbocycles. The second-order valence-corrected chi connectivity index (χ2v) is 7.99. The minimum absolute atomic E-state index is 0.00198. The molecule has 28 heavy (non-hydrogen) atoms. The standard InChI is InChI=1S/C22H26N2O4/c1-13(27-17-8-6-7-15(11-17)22(3,4)5)20(25)23-16-9-10-19-18(12-16)24-21(26)14(2)28-19/h6-14H,1-5H3,(H,23,25)(H,24,26). The SMILES string of the molecule is CC(Oc1cccc(C(C)(C)C)c1)C(=O)Nc1ccc2c(c1)NC(=O)C(C)O2. The van der Waals surface area contributed by atoms with E-state index in [9.17, 15) is 9.59 Å². The monoisotopic (exact) mass is 382 g/mol. The van der Waals surface area contributed by atoms with E-state index >= 15 is 0 Å². The van der Waals surface area contributed by atoms with Gasteiger partial charge in [-0.05, 0) is 55.2 Å². The van der Waals surface area contributed by atoms with E-state index in [-0.39, 0.29) is 17.2 Å². The van der Waals surface area contributed by atoms with Gasteiger partial charge in [0.05, 0.1) is 5.69 Å². The Morgan fingerprint density at radius 3 is 2.68 bits per heavy atom. The second kappa shape index (κ2) is 7.54. The van der Waals surface area contributed by atoms with E-state index in [4.69, 9.17) is 9.47 Å². The van der Waals surface area contributed by atoms with Crippen molar-refractivity contribution in [1.29, 1.82) is 0 Å². The van der Waals surface area contributed by atoms with Gasteiger partial charge in [0, 0.05) is 5.69 Å². The smallest absolute Gasteiger partial charge is 0.265 e. The molecule has 0 saturated carbocycles. The number of hydrogen-bond acceptors (Lipinski definition) is 4. The van der Waals surface area contributed by atoms with Crippen molar-refractivity contribution >= 4 is 23.2 Å². The van der Waals surface area contributed by atoms with Crippen LogP contribution >= 0.6 is 0 Å². The fourth-order valence-corrected chi connectivity index (χ4v) is 2.82. The predicted octanol–water partition coefficient (Wildman–Crippen LogP) is 4.11. The highest BCUT2D eigenvalue weighted by molar-refractivity contribution is 5.99. The lowest BCUT2D eigenvalue weighted by Crippen LogP contribution is -2.34. The van der Waals surface area contributed by atoms with E-state index in [1.807, 2.05) is 24.3 Å². The Hall–Kier alpha value is -3.02. The number of hydrogen-bond donors (Lipinski definition) is 2. The number of rotatable bonds is 4. The highest BCUT2D eigenvalue weighted by Gasteiger charge is 2.24. The highest BCUT2D eigenvalue weighted by Crippen LogP contribution is 2.32. The molecule has 148 valence electrons. The molecular formula is C22H26N2O4. The molecule has 1 heterocycles. The zero-order chi connectivity index (χ0) is 20.5. The van der Waals surface area contributed by atoms with E-state index in [2.05, 4.69) is 31.4 Å². The molecule has 0 aromatic heterocycles. The summed E-state index contributed by atoms with van der Waals surface area (Å²) in [5, 5.41) is 5.58. The molecule has 1 aliphatic rings. The van der Waals surface area contributed by atoms with Gasteiger partial charge < -0.3 is 20.1 Å². The number of anilines is 2. The molecule has 0 spiro atoms. The predicted molar refractivity (Wildman–Crippen MR) is 109 cm³/mol. The quantitative estimate of drug-likeness (QED) is 0.834. The first-order valence-corrected chi connectivity index (χ1v) is 9.33. The molecule has 2 N–H and O–H groups in total. The minimum atomic E-state index is -0.683. The number of nitrogens with one attached hydrogen (secondary N) is 2. The van der Waals surface area contributed by atoms with Crippen molar-refractivity contribution in [2.45, 2.75) is 52.2 Å². The summed E-state index contributed by atoms with van der Waals surface area (Å²) in [5.74, 6) is 0.729. The summed E-state index contributed by atoms with van der Waals surface area (Å²) in [6.07, 6.45) is -1.22. The Morgan fingerprint density at radius 1 is 1.21 bits per heavy atom. The zero-order valence-corrected chi connectivity index (χ0v) is 16.8. The maximum absolute atomic E-state index is 12.5. The van der Waals surface area contributed by atoms with Crippen molar-refractivity contribution in [1.82, 2.24) is 0 Å². The van der Waals surface area contributed by atoms with Crippen LogP contribution in [0.25, 0.3) is 0 Å². The Bertz CT molecular complexity index is 902. The number of fused-ring (bicyclic) bond motifs is 1. The van der Waals surface area contributed by atoms with Crippen LogP contribution in [0.2, 0.25) is 0 Å². The van der Waals surface area contributed by atoms with E-state index in [0.29, 0.717) is 22.9 Å². The number of benzene rings is 2. The van der Waals surface area contributed by atoms with Gasteiger partial charge in [0.15, 0.2) is 12.2 Å². The molecule has 6 heteroatoms. The molecule has 2 unspecified atom stereocenters. The molecule has 2 atom stereocenters. The average molecular weight is 382 g/mol. The third-order valence-electron chi connectivity index (χ3n) is 4.56. The topological polar surface area (TPSA) is 76.7 Å². The molecule has 2 aromatic carbocycles. The van der Waals surface area contributed by atoms with Gasteiger partial charge in [-0.15, -0.1) is 0 Å². The van der Waals surface area contributed by atoms with Crippen LogP contribution in [0.4, 0.5) is 11.4 Å². The summed E-state index contributed by atoms with van der Waals surface area (Å²) in [6, 6.07) is 12.9. The van der Waals surface area contributed by atoms with Gasteiger partial charge in [0.1, 0.15) is 11.5 Å². The molecule has 2 aromatic rings. The molecule has 0 radical (unpaired) electrons. The van der Waals surface area contributed by atoms with Gasteiger partial charge in [-0.1, -0.05) is 32.9 Å². The van der Waals surface area contributed by atoms with Gasteiger partial charge in [-0.2, -0.15) is 0 Å². The van der Waals surface area contributed by atoms with Crippen molar-refractivity contribution < 1.29 is 19.1 Å². The molecule has 0 bridgehead atoms. The molecule has 2 amide bonds. The van der Waals surface area contributed by atoms with Gasteiger partial charge in [-0.3, -0.25) is 9.59 Å². The Kier molecular flexibility index (Phi) is 5.31. The number of carbonyl (C=O) groups is 2. The number of amides is 2. The van der Waals surface area contributed by atoms with Crippen molar-refractivity contribution in [2.24, 2.45) is 0 Å². The van der Waals surface area contributed by atoms with Crippen LogP contribution in [0.1, 0.15) is 40.2 Å². The maximum Gasteiger partial charge on any atom is 0.265 e. The van der Waals surface area contributed by atoms with E-state index < -0.39 is 12.2 Å². The Labute approximate surface area is 165 Å². The Balaban J connectivity index is 1.67. The van der Waals surface area contributed by atoms with Gasteiger partial charge in [0.25, 0.3) is 11.8 Å². The summed E-state index contributed by atoms with van der Waals surface area (Å²) >= 11 is 0. The Morgan fingerprint density at radius 2 is 1.96 bits per heavy atom. The second-order valence-electron chi connectivity index (χ2n) is 7.99. The van der Waals surface area contributed by atoms with Gasteiger partial charge >= 0.3 is 0 Å². The zero-order valence-electron chi connectivity index (χ0n) is 16.8. The fraction of sp³-hybridized carbons (Fsp3) is 0.364. The van der Waals surface area contributed by atoms with Crippen LogP contribution in [0.15, 0.2) is 42.5 Å². The number of carbonyl (C=O) groups excluding carboxylic acids is 2. The highest BCUT2D eigenvalue weighted by atomic mass is 16.5. The molecule has 3 rings (SSSR count). The summed E-state index contributed by atoms with van der Waals surface area (Å²) in [5.41, 5.74) is 2.23. The van der Waals surface area contributed by atoms with Gasteiger partial charge in [-0.25, -0.2) is 0 Å². The van der Waals surface area contributed by atoms with Crippen LogP contribution in [-0.2, 0) is 15.0 Å². The summed E-state index contributed by atoms with van der Waals surface area (Å²) in [7, 11) is 0. The summed E-state index contributed by atoms with van der Waals surface area (Å²) in [6.45, 7) is 9.76. The molecule has 0 fully saturated rings. The molecular weight excluding hydrogens is 356 g/mol. The van der Waals surface area contributed by atoms with Crippen LogP contribution in [0, 0.1) is 0 Å². The van der Waals surface area contributed by atoms with Crippen molar-refractivity contribution in [2.75, 3.05) is 10.6 Å². The maximum atomic E-state index is 12.5. The lowest BCUT2D eigenvalue weighted by atomic mass is 9.87. The third kappa shape index (κ3) is 4.44. The lowest BCUT2D eigenvalue weighted by Gasteiger charge is -2.24. The normalized spacial score (nSPS) is 17.0. The fourth-order valence-electron chi connectivity index (χ4n) is 2.82. The lowest BCUT2D eigenvalue weighted by molar-refractivity contribution is -0.123. The average Bonchev–Trinajstić information content (AvgIpc) is 2.62. The first-order valence-electron chi connectivity index (χ1n) is 9.33. The van der Waals surface area contributed by atoms with Crippen molar-refractivity contribution in [3.8, 4) is 11.5 Å². The number of ether oxygens (including phenoxy) is 2. The largest absolute Gasteiger partial charge is 0.481 e. The van der Waals surface area contributed by atoms with Crippen LogP contribution in [0.5, 0.6) is 11.5 Å². The van der Waals surface area contributed by atoms with E-state index in [1.165, 1.54) is 0 Å². The first kappa shape index (κ1) is 19.7. The molecule has 0 saturated heterocycles. The van der Waals surface area contributed by atoms with Crippen LogP contribution in [-0.4, -0.2) is 24.0 Å². The van der Waals surface area contributed by atoms with Crippen LogP contribution in [0.3, 0.4) is 0 Å². The molecule has 1 aliphatic heterocycles. The van der Waals surface area contributed by atoms with Crippen molar-refractivity contribution in [3.05, 3.63) is 48.0 Å². The first-order chi connectivity index (χ1) is 13.1. The molecule has 6 nitrogen and oxygen atoms in total. The van der Waals surface area contributed by atoms with E-state index in [1.54, 1.807) is 32.0 Å². The summed E-state index contributed by atoms with van der Waals surface area (Å²) in [4.78, 5) is 24.3.